The lowest BCUT2D eigenvalue weighted by Gasteiger charge is -2.05. The first kappa shape index (κ1) is 13.8. The van der Waals surface area contributed by atoms with E-state index in [4.69, 9.17) is 5.11 Å². The van der Waals surface area contributed by atoms with Gasteiger partial charge in [0.15, 0.2) is 0 Å². The summed E-state index contributed by atoms with van der Waals surface area (Å²) in [6.45, 7) is 0.659. The first-order valence-electron chi connectivity index (χ1n) is 6.51. The van der Waals surface area contributed by atoms with E-state index in [0.29, 0.717) is 6.54 Å². The summed E-state index contributed by atoms with van der Waals surface area (Å²) in [7, 11) is 0. The molecule has 0 unspecified atom stereocenters. The number of fused-ring (bicyclic) bond motifs is 1. The Labute approximate surface area is 130 Å². The van der Waals surface area contributed by atoms with Crippen LogP contribution in [0.3, 0.4) is 0 Å². The standard InChI is InChI=1S/C16H13BrN2O2/c17-13-5-11(7-18-8-13)9-19-10-12(6-16(20)21)14-3-1-2-4-15(14)19/h1-5,7-8,10H,6,9H2,(H,20,21). The Morgan fingerprint density at radius 2 is 2.10 bits per heavy atom. The first-order chi connectivity index (χ1) is 10.1. The van der Waals surface area contributed by atoms with Crippen LogP contribution in [-0.2, 0) is 17.8 Å². The lowest BCUT2D eigenvalue weighted by Crippen LogP contribution is -2.00. The molecule has 0 radical (unpaired) electrons. The zero-order chi connectivity index (χ0) is 14.8. The number of pyridine rings is 1. The molecule has 0 saturated heterocycles. The third-order valence-corrected chi connectivity index (χ3v) is 3.76. The second-order valence-corrected chi connectivity index (χ2v) is 5.80. The third kappa shape index (κ3) is 2.97. The molecule has 2 heterocycles. The van der Waals surface area contributed by atoms with Gasteiger partial charge in [0.05, 0.1) is 6.42 Å². The normalized spacial score (nSPS) is 10.9. The number of hydrogen-bond acceptors (Lipinski definition) is 2. The van der Waals surface area contributed by atoms with Gasteiger partial charge in [-0.05, 0) is 39.2 Å². The zero-order valence-electron chi connectivity index (χ0n) is 11.2. The fraction of sp³-hybridized carbons (Fsp3) is 0.125. The van der Waals surface area contributed by atoms with Crippen molar-refractivity contribution in [2.45, 2.75) is 13.0 Å². The minimum absolute atomic E-state index is 0.0320. The lowest BCUT2D eigenvalue weighted by atomic mass is 10.1. The molecule has 106 valence electrons. The van der Waals surface area contributed by atoms with Crippen LogP contribution in [0.4, 0.5) is 0 Å². The van der Waals surface area contributed by atoms with Crippen LogP contribution >= 0.6 is 15.9 Å². The largest absolute Gasteiger partial charge is 0.481 e. The number of carboxylic acid groups (broad SMARTS) is 1. The Balaban J connectivity index is 2.04. The molecule has 1 aromatic carbocycles. The van der Waals surface area contributed by atoms with Gasteiger partial charge < -0.3 is 9.67 Å². The predicted octanol–water partition coefficient (Wildman–Crippen LogP) is 3.47. The van der Waals surface area contributed by atoms with Gasteiger partial charge in [-0.25, -0.2) is 0 Å². The number of carbonyl (C=O) groups is 1. The minimum Gasteiger partial charge on any atom is -0.481 e. The van der Waals surface area contributed by atoms with Crippen molar-refractivity contribution in [2.75, 3.05) is 0 Å². The van der Waals surface area contributed by atoms with Gasteiger partial charge in [-0.15, -0.1) is 0 Å². The van der Waals surface area contributed by atoms with Crippen molar-refractivity contribution in [3.8, 4) is 0 Å². The predicted molar refractivity (Wildman–Crippen MR) is 84.3 cm³/mol. The van der Waals surface area contributed by atoms with Gasteiger partial charge in [-0.1, -0.05) is 18.2 Å². The molecule has 4 nitrogen and oxygen atoms in total. The van der Waals surface area contributed by atoms with E-state index in [1.54, 1.807) is 6.20 Å². The van der Waals surface area contributed by atoms with Gasteiger partial charge in [0.2, 0.25) is 0 Å². The highest BCUT2D eigenvalue weighted by molar-refractivity contribution is 9.10. The van der Waals surface area contributed by atoms with E-state index in [0.717, 1.165) is 26.5 Å². The van der Waals surface area contributed by atoms with Crippen molar-refractivity contribution in [2.24, 2.45) is 0 Å². The van der Waals surface area contributed by atoms with Crippen molar-refractivity contribution < 1.29 is 9.90 Å². The van der Waals surface area contributed by atoms with Crippen LogP contribution in [0.15, 0.2) is 53.4 Å². The minimum atomic E-state index is -0.818. The maximum atomic E-state index is 11.0. The molecular formula is C16H13BrN2O2. The van der Waals surface area contributed by atoms with Crippen molar-refractivity contribution in [3.63, 3.8) is 0 Å². The number of benzene rings is 1. The maximum absolute atomic E-state index is 11.0. The molecule has 0 amide bonds. The number of hydrogen-bond donors (Lipinski definition) is 1. The maximum Gasteiger partial charge on any atom is 0.307 e. The van der Waals surface area contributed by atoms with Gasteiger partial charge in [0.1, 0.15) is 0 Å². The molecule has 0 spiro atoms. The summed E-state index contributed by atoms with van der Waals surface area (Å²) in [5.74, 6) is -0.818. The van der Waals surface area contributed by atoms with Crippen LogP contribution in [0.5, 0.6) is 0 Å². The molecule has 0 saturated carbocycles. The van der Waals surface area contributed by atoms with Crippen LogP contribution in [0.2, 0.25) is 0 Å². The van der Waals surface area contributed by atoms with Crippen LogP contribution < -0.4 is 0 Å². The Bertz CT molecular complexity index is 811. The smallest absolute Gasteiger partial charge is 0.307 e. The average Bonchev–Trinajstić information content (AvgIpc) is 2.77. The average molecular weight is 345 g/mol. The van der Waals surface area contributed by atoms with Gasteiger partial charge >= 0.3 is 5.97 Å². The monoisotopic (exact) mass is 344 g/mol. The van der Waals surface area contributed by atoms with E-state index < -0.39 is 5.97 Å². The summed E-state index contributed by atoms with van der Waals surface area (Å²) < 4.78 is 3.00. The second kappa shape index (κ2) is 5.69. The van der Waals surface area contributed by atoms with Crippen LogP contribution in [0.1, 0.15) is 11.1 Å². The highest BCUT2D eigenvalue weighted by atomic mass is 79.9. The summed E-state index contributed by atoms with van der Waals surface area (Å²) in [6, 6.07) is 9.87. The first-order valence-corrected chi connectivity index (χ1v) is 7.31. The number of halogens is 1. The zero-order valence-corrected chi connectivity index (χ0v) is 12.7. The summed E-state index contributed by atoms with van der Waals surface area (Å²) in [4.78, 5) is 15.2. The second-order valence-electron chi connectivity index (χ2n) is 4.88. The van der Waals surface area contributed by atoms with Gasteiger partial charge in [0, 0.05) is 40.5 Å². The van der Waals surface area contributed by atoms with E-state index in [1.165, 1.54) is 0 Å². The van der Waals surface area contributed by atoms with Crippen LogP contribution in [-0.4, -0.2) is 20.6 Å². The molecule has 0 aliphatic carbocycles. The molecule has 0 aliphatic heterocycles. The molecule has 21 heavy (non-hydrogen) atoms. The summed E-state index contributed by atoms with van der Waals surface area (Å²) >= 11 is 3.41. The molecule has 3 rings (SSSR count). The summed E-state index contributed by atoms with van der Waals surface area (Å²) in [5.41, 5.74) is 2.93. The molecule has 0 atom stereocenters. The number of aromatic nitrogens is 2. The molecule has 0 fully saturated rings. The summed E-state index contributed by atoms with van der Waals surface area (Å²) in [5, 5.41) is 10.0. The quantitative estimate of drug-likeness (QED) is 0.788. The van der Waals surface area contributed by atoms with E-state index in [9.17, 15) is 4.79 Å². The topological polar surface area (TPSA) is 55.1 Å². The Hall–Kier alpha value is -2.14. The molecule has 3 aromatic rings. The van der Waals surface area contributed by atoms with Crippen molar-refractivity contribution >= 4 is 32.8 Å². The molecular weight excluding hydrogens is 332 g/mol. The summed E-state index contributed by atoms with van der Waals surface area (Å²) in [6.07, 6.45) is 5.51. The Morgan fingerprint density at radius 3 is 2.86 bits per heavy atom. The van der Waals surface area contributed by atoms with Crippen molar-refractivity contribution in [1.82, 2.24) is 9.55 Å². The van der Waals surface area contributed by atoms with Crippen molar-refractivity contribution in [3.05, 3.63) is 64.5 Å². The fourth-order valence-corrected chi connectivity index (χ4v) is 2.91. The molecule has 2 aromatic heterocycles. The third-order valence-electron chi connectivity index (χ3n) is 3.33. The molecule has 0 aliphatic rings. The van der Waals surface area contributed by atoms with Gasteiger partial charge in [-0.3, -0.25) is 9.78 Å². The fourth-order valence-electron chi connectivity index (χ4n) is 2.50. The van der Waals surface area contributed by atoms with Crippen LogP contribution in [0, 0.1) is 0 Å². The van der Waals surface area contributed by atoms with Crippen LogP contribution in [0.25, 0.3) is 10.9 Å². The number of para-hydroxylation sites is 1. The number of rotatable bonds is 4. The lowest BCUT2D eigenvalue weighted by molar-refractivity contribution is -0.136. The highest BCUT2D eigenvalue weighted by Gasteiger charge is 2.11. The highest BCUT2D eigenvalue weighted by Crippen LogP contribution is 2.23. The SMILES string of the molecule is O=C(O)Cc1cn(Cc2cncc(Br)c2)c2ccccc12. The van der Waals surface area contributed by atoms with E-state index in [-0.39, 0.29) is 6.42 Å². The van der Waals surface area contributed by atoms with E-state index in [1.807, 2.05) is 42.7 Å². The van der Waals surface area contributed by atoms with Gasteiger partial charge in [0.25, 0.3) is 0 Å². The molecule has 1 N–H and O–H groups in total. The Kier molecular flexibility index (Phi) is 3.75. The Morgan fingerprint density at radius 1 is 1.29 bits per heavy atom. The van der Waals surface area contributed by atoms with E-state index >= 15 is 0 Å². The van der Waals surface area contributed by atoms with E-state index in [2.05, 4.69) is 25.5 Å². The number of carboxylic acids is 1. The molecule has 5 heteroatoms. The van der Waals surface area contributed by atoms with Gasteiger partial charge in [-0.2, -0.15) is 0 Å². The number of aliphatic carboxylic acids is 1. The van der Waals surface area contributed by atoms with Crippen molar-refractivity contribution in [1.29, 1.82) is 0 Å². The molecule has 0 bridgehead atoms. The number of nitrogens with zero attached hydrogens (tertiary/aromatic N) is 2.